The summed E-state index contributed by atoms with van der Waals surface area (Å²) in [6.07, 6.45) is -4.58. The van der Waals surface area contributed by atoms with Gasteiger partial charge < -0.3 is 15.1 Å². The van der Waals surface area contributed by atoms with Gasteiger partial charge in [-0.3, -0.25) is 0 Å². The predicted octanol–water partition coefficient (Wildman–Crippen LogP) is 3.00. The fourth-order valence-electron chi connectivity index (χ4n) is 2.80. The number of hydrogen-bond donors (Lipinski definition) is 1. The van der Waals surface area contributed by atoms with Crippen LogP contribution in [0.3, 0.4) is 0 Å². The van der Waals surface area contributed by atoms with E-state index < -0.39 is 11.9 Å². The van der Waals surface area contributed by atoms with Gasteiger partial charge in [-0.25, -0.2) is 9.48 Å². The average molecular weight is 402 g/mol. The van der Waals surface area contributed by atoms with Gasteiger partial charge in [-0.15, -0.1) is 0 Å². The molecule has 3 rings (SSSR count). The van der Waals surface area contributed by atoms with Crippen LogP contribution in [0.4, 0.5) is 18.0 Å². The Morgan fingerprint density at radius 2 is 1.93 bits per heavy atom. The van der Waals surface area contributed by atoms with E-state index in [9.17, 15) is 18.0 Å². The predicted molar refractivity (Wildman–Crippen MR) is 94.9 cm³/mol. The number of alkyl halides is 3. The molecule has 0 atom stereocenters. The first-order valence-corrected chi connectivity index (χ1v) is 8.75. The highest BCUT2D eigenvalue weighted by molar-refractivity contribution is 6.30. The van der Waals surface area contributed by atoms with Crippen molar-refractivity contribution in [3.8, 4) is 5.69 Å². The van der Waals surface area contributed by atoms with E-state index in [1.54, 1.807) is 23.1 Å². The van der Waals surface area contributed by atoms with Crippen molar-refractivity contribution in [3.63, 3.8) is 0 Å². The summed E-state index contributed by atoms with van der Waals surface area (Å²) in [4.78, 5) is 16.1. The smallest absolute Gasteiger partial charge is 0.332 e. The van der Waals surface area contributed by atoms with Gasteiger partial charge in [-0.1, -0.05) is 17.7 Å². The van der Waals surface area contributed by atoms with E-state index in [1.165, 1.54) is 6.07 Å². The van der Waals surface area contributed by atoms with Crippen molar-refractivity contribution in [2.75, 3.05) is 33.2 Å². The number of hydrogen-bond acceptors (Lipinski definition) is 3. The van der Waals surface area contributed by atoms with Gasteiger partial charge in [-0.05, 0) is 31.3 Å². The third-order valence-corrected chi connectivity index (χ3v) is 4.57. The van der Waals surface area contributed by atoms with Crippen LogP contribution >= 0.6 is 11.6 Å². The molecule has 1 fully saturated rings. The Labute approximate surface area is 159 Å². The van der Waals surface area contributed by atoms with Gasteiger partial charge in [0.2, 0.25) is 0 Å². The van der Waals surface area contributed by atoms with Crippen LogP contribution < -0.4 is 5.32 Å². The zero-order chi connectivity index (χ0) is 19.6. The highest BCUT2D eigenvalue weighted by Crippen LogP contribution is 2.30. The number of urea groups is 1. The number of likely N-dealkylation sites (N-methyl/N-ethyl adjacent to an activating group) is 1. The molecular formula is C17H19ClF3N5O. The highest BCUT2D eigenvalue weighted by atomic mass is 35.5. The number of aromatic nitrogens is 2. The Bertz CT molecular complexity index is 815. The molecule has 1 saturated heterocycles. The third-order valence-electron chi connectivity index (χ3n) is 4.34. The monoisotopic (exact) mass is 401 g/mol. The molecule has 2 aromatic rings. The molecule has 1 N–H and O–H groups in total. The highest BCUT2D eigenvalue weighted by Gasteiger charge is 2.35. The number of carbonyl (C=O) groups excluding carboxylic acids is 1. The van der Waals surface area contributed by atoms with Crippen molar-refractivity contribution in [2.24, 2.45) is 0 Å². The number of carbonyl (C=O) groups is 1. The summed E-state index contributed by atoms with van der Waals surface area (Å²) in [7, 11) is 1.97. The standard InChI is InChI=1S/C17H19ClF3N5O/c1-24-5-7-25(8-6-24)16(27)22-11-14-10-15(17(19,20)21)23-26(14)13-4-2-3-12(18)9-13/h2-4,9-10H,5-8,11H2,1H3,(H,22,27). The van der Waals surface area contributed by atoms with Crippen LogP contribution in [0.5, 0.6) is 0 Å². The lowest BCUT2D eigenvalue weighted by atomic mass is 10.3. The largest absolute Gasteiger partial charge is 0.435 e. The fraction of sp³-hybridized carbons (Fsp3) is 0.412. The van der Waals surface area contributed by atoms with Crippen molar-refractivity contribution in [1.29, 1.82) is 0 Å². The minimum absolute atomic E-state index is 0.0826. The molecule has 1 aliphatic heterocycles. The summed E-state index contributed by atoms with van der Waals surface area (Å²) < 4.78 is 40.5. The number of benzene rings is 1. The Hall–Kier alpha value is -2.26. The quantitative estimate of drug-likeness (QED) is 0.860. The summed E-state index contributed by atoms with van der Waals surface area (Å²) in [6.45, 7) is 2.58. The van der Waals surface area contributed by atoms with Crippen molar-refractivity contribution >= 4 is 17.6 Å². The molecule has 0 unspecified atom stereocenters. The molecule has 0 radical (unpaired) electrons. The van der Waals surface area contributed by atoms with Gasteiger partial charge in [0.25, 0.3) is 0 Å². The van der Waals surface area contributed by atoms with E-state index in [-0.39, 0.29) is 18.3 Å². The van der Waals surface area contributed by atoms with Crippen LogP contribution in [-0.4, -0.2) is 58.8 Å². The molecule has 6 nitrogen and oxygen atoms in total. The van der Waals surface area contributed by atoms with Gasteiger partial charge in [0.15, 0.2) is 5.69 Å². The van der Waals surface area contributed by atoms with Crippen molar-refractivity contribution in [2.45, 2.75) is 12.7 Å². The molecule has 0 aliphatic carbocycles. The van der Waals surface area contributed by atoms with E-state index in [2.05, 4.69) is 15.3 Å². The second kappa shape index (κ2) is 7.77. The SMILES string of the molecule is CN1CCN(C(=O)NCc2cc(C(F)(F)F)nn2-c2cccc(Cl)c2)CC1. The van der Waals surface area contributed by atoms with Crippen LogP contribution in [0.2, 0.25) is 5.02 Å². The lowest BCUT2D eigenvalue weighted by Crippen LogP contribution is -2.50. The summed E-state index contributed by atoms with van der Waals surface area (Å²) in [6, 6.07) is 6.99. The fourth-order valence-corrected chi connectivity index (χ4v) is 2.99. The molecule has 10 heteroatoms. The van der Waals surface area contributed by atoms with E-state index in [0.717, 1.165) is 23.8 Å². The number of nitrogens with zero attached hydrogens (tertiary/aromatic N) is 4. The Kier molecular flexibility index (Phi) is 5.61. The number of rotatable bonds is 3. The maximum Gasteiger partial charge on any atom is 0.435 e. The molecular weight excluding hydrogens is 383 g/mol. The molecule has 1 aromatic heterocycles. The first-order valence-electron chi connectivity index (χ1n) is 8.37. The van der Waals surface area contributed by atoms with Gasteiger partial charge in [0, 0.05) is 31.2 Å². The zero-order valence-electron chi connectivity index (χ0n) is 14.6. The summed E-state index contributed by atoms with van der Waals surface area (Å²) in [5.74, 6) is 0. The van der Waals surface area contributed by atoms with Crippen molar-refractivity contribution in [3.05, 3.63) is 46.7 Å². The van der Waals surface area contributed by atoms with E-state index >= 15 is 0 Å². The minimum atomic E-state index is -4.58. The molecule has 146 valence electrons. The second-order valence-electron chi connectivity index (χ2n) is 6.36. The number of piperazine rings is 1. The van der Waals surface area contributed by atoms with Gasteiger partial charge >= 0.3 is 12.2 Å². The molecule has 2 heterocycles. The lowest BCUT2D eigenvalue weighted by Gasteiger charge is -2.32. The van der Waals surface area contributed by atoms with E-state index in [4.69, 9.17) is 11.6 Å². The van der Waals surface area contributed by atoms with E-state index in [1.807, 2.05) is 7.05 Å². The Morgan fingerprint density at radius 3 is 2.56 bits per heavy atom. The summed E-state index contributed by atoms with van der Waals surface area (Å²) in [5.41, 5.74) is -0.416. The summed E-state index contributed by atoms with van der Waals surface area (Å²) in [5, 5.41) is 6.71. The van der Waals surface area contributed by atoms with E-state index in [0.29, 0.717) is 23.8 Å². The van der Waals surface area contributed by atoms with Crippen molar-refractivity contribution < 1.29 is 18.0 Å². The normalized spacial score (nSPS) is 15.8. The van der Waals surface area contributed by atoms with Gasteiger partial charge in [0.05, 0.1) is 17.9 Å². The minimum Gasteiger partial charge on any atom is -0.332 e. The average Bonchev–Trinajstić information content (AvgIpc) is 3.05. The molecule has 0 bridgehead atoms. The van der Waals surface area contributed by atoms with Crippen LogP contribution in [-0.2, 0) is 12.7 Å². The third kappa shape index (κ3) is 4.72. The van der Waals surface area contributed by atoms with Crippen LogP contribution in [0, 0.1) is 0 Å². The first kappa shape index (κ1) is 19.5. The van der Waals surface area contributed by atoms with Crippen molar-refractivity contribution in [1.82, 2.24) is 24.9 Å². The first-order chi connectivity index (χ1) is 12.7. The molecule has 0 saturated carbocycles. The molecule has 1 aliphatic rings. The lowest BCUT2D eigenvalue weighted by molar-refractivity contribution is -0.141. The maximum absolute atomic E-state index is 13.1. The van der Waals surface area contributed by atoms with Crippen LogP contribution in [0.25, 0.3) is 5.69 Å². The number of nitrogens with one attached hydrogen (secondary N) is 1. The zero-order valence-corrected chi connectivity index (χ0v) is 15.4. The number of amides is 2. The van der Waals surface area contributed by atoms with Crippen LogP contribution in [0.1, 0.15) is 11.4 Å². The van der Waals surface area contributed by atoms with Gasteiger partial charge in [0.1, 0.15) is 0 Å². The molecule has 0 spiro atoms. The molecule has 27 heavy (non-hydrogen) atoms. The summed E-state index contributed by atoms with van der Waals surface area (Å²) >= 11 is 5.94. The number of halogens is 4. The van der Waals surface area contributed by atoms with Crippen LogP contribution in [0.15, 0.2) is 30.3 Å². The Morgan fingerprint density at radius 1 is 1.22 bits per heavy atom. The Balaban J connectivity index is 1.79. The topological polar surface area (TPSA) is 53.4 Å². The molecule has 2 amide bonds. The van der Waals surface area contributed by atoms with Gasteiger partial charge in [-0.2, -0.15) is 18.3 Å². The maximum atomic E-state index is 13.1. The second-order valence-corrected chi connectivity index (χ2v) is 6.80. The molecule has 1 aromatic carbocycles.